The lowest BCUT2D eigenvalue weighted by molar-refractivity contribution is 0.334. The summed E-state index contributed by atoms with van der Waals surface area (Å²) in [4.78, 5) is 4.34. The van der Waals surface area contributed by atoms with Gasteiger partial charge in [-0.1, -0.05) is 6.07 Å². The average molecular weight is 229 g/mol. The molecule has 3 rings (SSSR count). The monoisotopic (exact) mass is 229 g/mol. The summed E-state index contributed by atoms with van der Waals surface area (Å²) in [5, 5.41) is 0. The Balaban J connectivity index is 1.98. The van der Waals surface area contributed by atoms with Crippen LogP contribution in [0.3, 0.4) is 0 Å². The van der Waals surface area contributed by atoms with Crippen LogP contribution in [0.5, 0.6) is 5.75 Å². The first kappa shape index (κ1) is 10.8. The highest BCUT2D eigenvalue weighted by Crippen LogP contribution is 2.50. The highest BCUT2D eigenvalue weighted by Gasteiger charge is 2.45. The third-order valence-electron chi connectivity index (χ3n) is 4.39. The van der Waals surface area contributed by atoms with Gasteiger partial charge in [0.05, 0.1) is 7.11 Å². The number of methoxy groups -OCH3 is 1. The SMILES string of the molecule is CN=C1CC2(CCCc3cc(OC)ccc32)C1. The van der Waals surface area contributed by atoms with Gasteiger partial charge in [0.1, 0.15) is 5.75 Å². The highest BCUT2D eigenvalue weighted by molar-refractivity contribution is 5.93. The number of benzene rings is 1. The largest absolute Gasteiger partial charge is 0.497 e. The molecule has 0 unspecified atom stereocenters. The third-order valence-corrected chi connectivity index (χ3v) is 4.39. The van der Waals surface area contributed by atoms with E-state index in [1.807, 2.05) is 7.05 Å². The van der Waals surface area contributed by atoms with Gasteiger partial charge < -0.3 is 4.74 Å². The van der Waals surface area contributed by atoms with Crippen LogP contribution in [-0.4, -0.2) is 19.9 Å². The van der Waals surface area contributed by atoms with Gasteiger partial charge in [0.15, 0.2) is 0 Å². The maximum atomic E-state index is 5.32. The number of fused-ring (bicyclic) bond motifs is 2. The van der Waals surface area contributed by atoms with Gasteiger partial charge in [-0.2, -0.15) is 0 Å². The molecule has 0 radical (unpaired) electrons. The summed E-state index contributed by atoms with van der Waals surface area (Å²) in [6, 6.07) is 6.60. The van der Waals surface area contributed by atoms with E-state index >= 15 is 0 Å². The van der Waals surface area contributed by atoms with Crippen LogP contribution in [0.4, 0.5) is 0 Å². The number of hydrogen-bond donors (Lipinski definition) is 0. The van der Waals surface area contributed by atoms with E-state index in [-0.39, 0.29) is 0 Å². The number of aryl methyl sites for hydroxylation is 1. The van der Waals surface area contributed by atoms with Crippen LogP contribution in [0.25, 0.3) is 0 Å². The lowest BCUT2D eigenvalue weighted by Crippen LogP contribution is -2.44. The molecule has 2 aliphatic rings. The van der Waals surface area contributed by atoms with Crippen molar-refractivity contribution in [3.63, 3.8) is 0 Å². The first-order valence-electron chi connectivity index (χ1n) is 6.39. The zero-order chi connectivity index (χ0) is 11.9. The number of hydrogen-bond acceptors (Lipinski definition) is 2. The summed E-state index contributed by atoms with van der Waals surface area (Å²) >= 11 is 0. The van der Waals surface area contributed by atoms with Gasteiger partial charge >= 0.3 is 0 Å². The molecule has 0 saturated heterocycles. The maximum Gasteiger partial charge on any atom is 0.119 e. The van der Waals surface area contributed by atoms with Crippen LogP contribution in [0, 0.1) is 0 Å². The molecule has 17 heavy (non-hydrogen) atoms. The molecule has 0 atom stereocenters. The average Bonchev–Trinajstić information content (AvgIpc) is 2.34. The molecule has 1 fully saturated rings. The highest BCUT2D eigenvalue weighted by atomic mass is 16.5. The first-order valence-corrected chi connectivity index (χ1v) is 6.39. The Morgan fingerprint density at radius 1 is 1.29 bits per heavy atom. The molecular formula is C15H19NO. The van der Waals surface area contributed by atoms with Crippen molar-refractivity contribution in [1.82, 2.24) is 0 Å². The number of ether oxygens (including phenoxy) is 1. The molecule has 0 aromatic heterocycles. The van der Waals surface area contributed by atoms with Crippen molar-refractivity contribution in [2.45, 2.75) is 37.5 Å². The van der Waals surface area contributed by atoms with Crippen LogP contribution >= 0.6 is 0 Å². The van der Waals surface area contributed by atoms with Crippen LogP contribution in [0.2, 0.25) is 0 Å². The molecule has 1 aromatic carbocycles. The number of rotatable bonds is 1. The predicted molar refractivity (Wildman–Crippen MR) is 70.2 cm³/mol. The molecule has 1 saturated carbocycles. The van der Waals surface area contributed by atoms with Crippen molar-refractivity contribution in [3.05, 3.63) is 29.3 Å². The van der Waals surface area contributed by atoms with Crippen LogP contribution in [0.15, 0.2) is 23.2 Å². The Kier molecular flexibility index (Phi) is 2.46. The smallest absolute Gasteiger partial charge is 0.119 e. The molecule has 1 spiro atoms. The number of aliphatic imine (C=N–C) groups is 1. The van der Waals surface area contributed by atoms with Crippen LogP contribution < -0.4 is 4.74 Å². The van der Waals surface area contributed by atoms with Gasteiger partial charge in [-0.05, 0) is 55.4 Å². The fourth-order valence-electron chi connectivity index (χ4n) is 3.43. The maximum absolute atomic E-state index is 5.32. The second kappa shape index (κ2) is 3.86. The molecular weight excluding hydrogens is 210 g/mol. The minimum atomic E-state index is 0.411. The van der Waals surface area contributed by atoms with Gasteiger partial charge in [0.25, 0.3) is 0 Å². The normalized spacial score (nSPS) is 26.4. The standard InChI is InChI=1S/C15H19NO/c1-16-12-9-15(10-12)7-3-4-11-8-13(17-2)5-6-14(11)15/h5-6,8H,3-4,7,9-10H2,1-2H3. The van der Waals surface area contributed by atoms with Crippen LogP contribution in [0.1, 0.15) is 36.8 Å². The molecule has 0 amide bonds. The lowest BCUT2D eigenvalue weighted by atomic mass is 9.57. The second-order valence-electron chi connectivity index (χ2n) is 5.30. The van der Waals surface area contributed by atoms with Crippen molar-refractivity contribution in [2.24, 2.45) is 4.99 Å². The fraction of sp³-hybridized carbons (Fsp3) is 0.533. The molecule has 1 aromatic rings. The summed E-state index contributed by atoms with van der Waals surface area (Å²) in [6.45, 7) is 0. The summed E-state index contributed by atoms with van der Waals surface area (Å²) in [5.74, 6) is 0.990. The van der Waals surface area contributed by atoms with Gasteiger partial charge in [-0.3, -0.25) is 4.99 Å². The Hall–Kier alpha value is -1.31. The fourth-order valence-corrected chi connectivity index (χ4v) is 3.43. The summed E-state index contributed by atoms with van der Waals surface area (Å²) in [6.07, 6.45) is 6.17. The van der Waals surface area contributed by atoms with E-state index < -0.39 is 0 Å². The topological polar surface area (TPSA) is 21.6 Å². The predicted octanol–water partition coefficient (Wildman–Crippen LogP) is 3.13. The molecule has 0 N–H and O–H groups in total. The minimum absolute atomic E-state index is 0.411. The molecule has 0 heterocycles. The van der Waals surface area contributed by atoms with E-state index in [9.17, 15) is 0 Å². The lowest BCUT2D eigenvalue weighted by Gasteiger charge is -2.47. The van der Waals surface area contributed by atoms with E-state index in [0.29, 0.717) is 5.41 Å². The molecule has 2 heteroatoms. The Morgan fingerprint density at radius 3 is 2.82 bits per heavy atom. The van der Waals surface area contributed by atoms with Crippen molar-refractivity contribution < 1.29 is 4.74 Å². The van der Waals surface area contributed by atoms with E-state index in [0.717, 1.165) is 5.75 Å². The van der Waals surface area contributed by atoms with Crippen molar-refractivity contribution in [1.29, 1.82) is 0 Å². The molecule has 90 valence electrons. The van der Waals surface area contributed by atoms with Gasteiger partial charge in [-0.25, -0.2) is 0 Å². The van der Waals surface area contributed by atoms with Gasteiger partial charge in [-0.15, -0.1) is 0 Å². The molecule has 0 bridgehead atoms. The van der Waals surface area contributed by atoms with Crippen molar-refractivity contribution in [2.75, 3.05) is 14.2 Å². The summed E-state index contributed by atoms with van der Waals surface area (Å²) in [7, 11) is 3.66. The van der Waals surface area contributed by atoms with Crippen LogP contribution in [-0.2, 0) is 11.8 Å². The van der Waals surface area contributed by atoms with E-state index in [4.69, 9.17) is 4.74 Å². The quantitative estimate of drug-likeness (QED) is 0.725. The first-order chi connectivity index (χ1) is 8.27. The minimum Gasteiger partial charge on any atom is -0.497 e. The Labute approximate surface area is 103 Å². The zero-order valence-electron chi connectivity index (χ0n) is 10.6. The summed E-state index contributed by atoms with van der Waals surface area (Å²) < 4.78 is 5.32. The van der Waals surface area contributed by atoms with Gasteiger partial charge in [0.2, 0.25) is 0 Å². The third kappa shape index (κ3) is 1.58. The Bertz CT molecular complexity index is 468. The zero-order valence-corrected chi connectivity index (χ0v) is 10.6. The van der Waals surface area contributed by atoms with E-state index in [1.54, 1.807) is 12.7 Å². The second-order valence-corrected chi connectivity index (χ2v) is 5.30. The molecule has 2 nitrogen and oxygen atoms in total. The van der Waals surface area contributed by atoms with E-state index in [1.165, 1.54) is 43.4 Å². The molecule has 2 aliphatic carbocycles. The Morgan fingerprint density at radius 2 is 2.12 bits per heavy atom. The van der Waals surface area contributed by atoms with E-state index in [2.05, 4.69) is 23.2 Å². The van der Waals surface area contributed by atoms with Gasteiger partial charge in [0, 0.05) is 18.2 Å². The summed E-state index contributed by atoms with van der Waals surface area (Å²) in [5.41, 5.74) is 4.84. The molecule has 0 aliphatic heterocycles. The van der Waals surface area contributed by atoms with Crippen molar-refractivity contribution in [3.8, 4) is 5.75 Å². The van der Waals surface area contributed by atoms with Crippen molar-refractivity contribution >= 4 is 5.71 Å². The number of nitrogens with zero attached hydrogens (tertiary/aromatic N) is 1.